The number of esters is 3. The average Bonchev–Trinajstić information content (AvgIpc) is 3.47. The summed E-state index contributed by atoms with van der Waals surface area (Å²) in [7, 11) is 0. The molecule has 0 saturated heterocycles. The van der Waals surface area contributed by atoms with E-state index in [0.29, 0.717) is 19.3 Å². The first-order chi connectivity index (χ1) is 40.0. The lowest BCUT2D eigenvalue weighted by Crippen LogP contribution is -2.30. The van der Waals surface area contributed by atoms with Gasteiger partial charge in [-0.2, -0.15) is 0 Å². The number of carbonyl (C=O) groups excluding carboxylic acids is 3. The maximum atomic E-state index is 12.9. The van der Waals surface area contributed by atoms with Crippen molar-refractivity contribution in [1.82, 2.24) is 0 Å². The zero-order chi connectivity index (χ0) is 58.5. The van der Waals surface area contributed by atoms with Crippen LogP contribution in [-0.2, 0) is 28.6 Å². The van der Waals surface area contributed by atoms with Gasteiger partial charge >= 0.3 is 17.9 Å². The van der Waals surface area contributed by atoms with Crippen molar-refractivity contribution < 1.29 is 28.6 Å². The fourth-order valence-electron chi connectivity index (χ4n) is 9.84. The van der Waals surface area contributed by atoms with Gasteiger partial charge in [0.1, 0.15) is 13.2 Å². The topological polar surface area (TPSA) is 78.9 Å². The number of unbranched alkanes of at least 4 members (excludes halogenated alkanes) is 36. The van der Waals surface area contributed by atoms with E-state index in [1.54, 1.807) is 0 Å². The van der Waals surface area contributed by atoms with Gasteiger partial charge in [0.05, 0.1) is 0 Å². The van der Waals surface area contributed by atoms with Gasteiger partial charge in [0.15, 0.2) is 6.10 Å². The lowest BCUT2D eigenvalue weighted by Gasteiger charge is -2.18. The second kappa shape index (κ2) is 68.8. The minimum atomic E-state index is -0.788. The largest absolute Gasteiger partial charge is 0.462 e. The van der Waals surface area contributed by atoms with Crippen molar-refractivity contribution in [1.29, 1.82) is 0 Å². The highest BCUT2D eigenvalue weighted by Gasteiger charge is 2.19. The van der Waals surface area contributed by atoms with Gasteiger partial charge in [-0.05, 0) is 116 Å². The molecule has 0 radical (unpaired) electrons. The molecule has 1 atom stereocenters. The van der Waals surface area contributed by atoms with Crippen LogP contribution in [0, 0.1) is 0 Å². The van der Waals surface area contributed by atoms with Crippen molar-refractivity contribution in [3.05, 3.63) is 97.2 Å². The Morgan fingerprint density at radius 3 is 0.802 bits per heavy atom. The number of hydrogen-bond donors (Lipinski definition) is 0. The van der Waals surface area contributed by atoms with E-state index in [1.165, 1.54) is 186 Å². The highest BCUT2D eigenvalue weighted by molar-refractivity contribution is 5.71. The molecule has 0 aromatic heterocycles. The maximum absolute atomic E-state index is 12.9. The molecule has 0 bridgehead atoms. The van der Waals surface area contributed by atoms with Crippen LogP contribution < -0.4 is 0 Å². The van der Waals surface area contributed by atoms with E-state index in [2.05, 4.69) is 118 Å². The summed E-state index contributed by atoms with van der Waals surface area (Å²) in [6, 6.07) is 0. The van der Waals surface area contributed by atoms with E-state index >= 15 is 0 Å². The highest BCUT2D eigenvalue weighted by Crippen LogP contribution is 2.17. The third kappa shape index (κ3) is 67.0. The van der Waals surface area contributed by atoms with Crippen LogP contribution in [0.1, 0.15) is 342 Å². The van der Waals surface area contributed by atoms with E-state index in [9.17, 15) is 14.4 Å². The van der Waals surface area contributed by atoms with Crippen molar-refractivity contribution in [3.8, 4) is 0 Å². The van der Waals surface area contributed by atoms with Gasteiger partial charge in [-0.15, -0.1) is 0 Å². The Balaban J connectivity index is 4.19. The zero-order valence-electron chi connectivity index (χ0n) is 53.5. The normalized spacial score (nSPS) is 12.7. The van der Waals surface area contributed by atoms with Crippen LogP contribution in [0.2, 0.25) is 0 Å². The quantitative estimate of drug-likeness (QED) is 0.0261. The van der Waals surface area contributed by atoms with E-state index in [1.807, 2.05) is 0 Å². The highest BCUT2D eigenvalue weighted by atomic mass is 16.6. The van der Waals surface area contributed by atoms with Crippen molar-refractivity contribution in [2.45, 2.75) is 348 Å². The Hall–Kier alpha value is -3.67. The summed E-state index contributed by atoms with van der Waals surface area (Å²) < 4.78 is 16.9. The fraction of sp³-hybridized carbons (Fsp3) is 0.747. The molecule has 1 unspecified atom stereocenters. The third-order valence-electron chi connectivity index (χ3n) is 15.0. The van der Waals surface area contributed by atoms with Crippen LogP contribution in [0.5, 0.6) is 0 Å². The molecule has 6 nitrogen and oxygen atoms in total. The molecule has 466 valence electrons. The predicted molar refractivity (Wildman–Crippen MR) is 353 cm³/mol. The molecule has 0 rings (SSSR count). The van der Waals surface area contributed by atoms with Gasteiger partial charge in [0.25, 0.3) is 0 Å². The Bertz CT molecular complexity index is 1580. The molecular weight excluding hydrogens is 997 g/mol. The number of ether oxygens (including phenoxy) is 3. The lowest BCUT2D eigenvalue weighted by atomic mass is 10.0. The molecule has 0 aliphatic carbocycles. The van der Waals surface area contributed by atoms with Crippen molar-refractivity contribution in [2.24, 2.45) is 0 Å². The van der Waals surface area contributed by atoms with E-state index < -0.39 is 6.10 Å². The van der Waals surface area contributed by atoms with E-state index in [-0.39, 0.29) is 31.1 Å². The summed E-state index contributed by atoms with van der Waals surface area (Å²) in [6.07, 6.45) is 93.0. The first-order valence-electron chi connectivity index (χ1n) is 34.7. The van der Waals surface area contributed by atoms with Gasteiger partial charge in [0.2, 0.25) is 0 Å². The fourth-order valence-corrected chi connectivity index (χ4v) is 9.84. The summed E-state index contributed by atoms with van der Waals surface area (Å²) in [6.45, 7) is 6.49. The second-order valence-electron chi connectivity index (χ2n) is 23.1. The molecule has 0 aliphatic heterocycles. The Morgan fingerprint density at radius 1 is 0.259 bits per heavy atom. The summed E-state index contributed by atoms with van der Waals surface area (Å²) in [4.78, 5) is 38.3. The van der Waals surface area contributed by atoms with Crippen LogP contribution in [0.15, 0.2) is 97.2 Å². The summed E-state index contributed by atoms with van der Waals surface area (Å²) >= 11 is 0. The molecule has 0 amide bonds. The first-order valence-corrected chi connectivity index (χ1v) is 34.7. The molecule has 0 saturated carbocycles. The second-order valence-corrected chi connectivity index (χ2v) is 23.1. The van der Waals surface area contributed by atoms with Crippen LogP contribution in [0.25, 0.3) is 0 Å². The minimum absolute atomic E-state index is 0.0826. The third-order valence-corrected chi connectivity index (χ3v) is 15.0. The van der Waals surface area contributed by atoms with E-state index in [0.717, 1.165) is 116 Å². The molecule has 0 aromatic rings. The van der Waals surface area contributed by atoms with Crippen LogP contribution in [-0.4, -0.2) is 37.2 Å². The Kier molecular flexibility index (Phi) is 65.7. The van der Waals surface area contributed by atoms with Gasteiger partial charge in [-0.3, -0.25) is 14.4 Å². The summed E-state index contributed by atoms with van der Waals surface area (Å²) in [5.74, 6) is -0.891. The van der Waals surface area contributed by atoms with Gasteiger partial charge in [-0.25, -0.2) is 0 Å². The van der Waals surface area contributed by atoms with Crippen LogP contribution in [0.3, 0.4) is 0 Å². The molecule has 0 fully saturated rings. The monoisotopic (exact) mass is 1130 g/mol. The molecule has 0 heterocycles. The smallest absolute Gasteiger partial charge is 0.306 e. The first kappa shape index (κ1) is 77.3. The standard InChI is InChI=1S/C75H130O6/c1-4-7-10-13-16-19-22-24-26-28-30-32-33-34-35-36-37-38-39-40-41-43-44-46-48-50-53-56-59-62-65-68-74(77)80-71-72(70-79-73(76)67-64-61-58-55-52-21-18-15-12-9-6-3)81-75(78)69-66-63-60-57-54-51-49-47-45-42-31-29-27-25-23-20-17-14-11-8-5-2/h7,10,15-16,18-19,23-26,29-32,45,47,72H,4-6,8-9,11-14,17,20-22,27-28,33-44,46,48-71H2,1-3H3/b10-7-,18-15-,19-16-,25-23-,26-24-,31-29-,32-30-,47-45-. The minimum Gasteiger partial charge on any atom is -0.462 e. The molecule has 81 heavy (non-hydrogen) atoms. The van der Waals surface area contributed by atoms with Crippen molar-refractivity contribution >= 4 is 17.9 Å². The van der Waals surface area contributed by atoms with Gasteiger partial charge in [-0.1, -0.05) is 304 Å². The SMILES string of the molecule is CC/C=C\C/C=C\C/C=C\C/C=C\CCCCCCCCCCCCCCCCCCCCC(=O)OCC(COC(=O)CCCCCCC/C=C\CCCC)OC(=O)CCCCCCCC/C=C\C/C=C\C/C=C\CCCCCCC. The number of carbonyl (C=O) groups is 3. The maximum Gasteiger partial charge on any atom is 0.306 e. The van der Waals surface area contributed by atoms with Crippen LogP contribution >= 0.6 is 0 Å². The molecule has 0 spiro atoms. The number of rotatable bonds is 63. The number of hydrogen-bond acceptors (Lipinski definition) is 6. The van der Waals surface area contributed by atoms with Crippen molar-refractivity contribution in [3.63, 3.8) is 0 Å². The predicted octanol–water partition coefficient (Wildman–Crippen LogP) is 24.0. The molecule has 0 aromatic carbocycles. The molecule has 6 heteroatoms. The number of allylic oxidation sites excluding steroid dienone is 16. The summed E-state index contributed by atoms with van der Waals surface area (Å²) in [5, 5.41) is 0. The Morgan fingerprint density at radius 2 is 0.494 bits per heavy atom. The average molecular weight is 1130 g/mol. The van der Waals surface area contributed by atoms with Gasteiger partial charge in [0, 0.05) is 19.3 Å². The summed E-state index contributed by atoms with van der Waals surface area (Å²) in [5.41, 5.74) is 0. The molecule has 0 N–H and O–H groups in total. The van der Waals surface area contributed by atoms with Gasteiger partial charge < -0.3 is 14.2 Å². The van der Waals surface area contributed by atoms with Crippen molar-refractivity contribution in [2.75, 3.05) is 13.2 Å². The zero-order valence-corrected chi connectivity index (χ0v) is 53.5. The molecular formula is C75H130O6. The van der Waals surface area contributed by atoms with E-state index in [4.69, 9.17) is 14.2 Å². The lowest BCUT2D eigenvalue weighted by molar-refractivity contribution is -0.167. The molecule has 0 aliphatic rings. The van der Waals surface area contributed by atoms with Crippen LogP contribution in [0.4, 0.5) is 0 Å². The Labute approximate surface area is 502 Å².